The van der Waals surface area contributed by atoms with E-state index in [1.165, 1.54) is 42.5 Å². The van der Waals surface area contributed by atoms with Crippen LogP contribution in [0.5, 0.6) is 0 Å². The van der Waals surface area contributed by atoms with E-state index in [0.717, 1.165) is 23.5 Å². The third-order valence-electron chi connectivity index (χ3n) is 7.55. The molecule has 4 rings (SSSR count). The van der Waals surface area contributed by atoms with Crippen LogP contribution in [0.2, 0.25) is 5.02 Å². The van der Waals surface area contributed by atoms with Crippen molar-refractivity contribution in [2.75, 3.05) is 17.4 Å². The van der Waals surface area contributed by atoms with E-state index in [0.29, 0.717) is 28.9 Å². The summed E-state index contributed by atoms with van der Waals surface area (Å²) in [6.45, 7) is 0.780. The van der Waals surface area contributed by atoms with Crippen LogP contribution in [0.25, 0.3) is 0 Å². The minimum absolute atomic E-state index is 0.0103. The van der Waals surface area contributed by atoms with Crippen LogP contribution in [-0.2, 0) is 38.8 Å². The van der Waals surface area contributed by atoms with Gasteiger partial charge in [-0.05, 0) is 48.4 Å². The molecule has 4 aromatic rings. The third-order valence-corrected chi connectivity index (χ3v) is 9.67. The van der Waals surface area contributed by atoms with E-state index in [4.69, 9.17) is 11.6 Å². The number of hydrogen-bond donors (Lipinski definition) is 1. The van der Waals surface area contributed by atoms with E-state index in [9.17, 15) is 31.2 Å². The van der Waals surface area contributed by atoms with Crippen molar-refractivity contribution >= 4 is 39.1 Å². The van der Waals surface area contributed by atoms with Gasteiger partial charge in [-0.1, -0.05) is 91.7 Å². The number of benzene rings is 4. The summed E-state index contributed by atoms with van der Waals surface area (Å²) in [5.41, 5.74) is -1.07. The number of anilines is 1. The lowest BCUT2D eigenvalue weighted by Gasteiger charge is -2.34. The summed E-state index contributed by atoms with van der Waals surface area (Å²) in [5, 5.41) is 2.15. The Morgan fingerprint density at radius 2 is 1.52 bits per heavy atom. The van der Waals surface area contributed by atoms with Crippen molar-refractivity contribution in [1.82, 2.24) is 10.2 Å². The molecule has 0 aliphatic rings. The molecular weight excluding hydrogens is 670 g/mol. The highest BCUT2D eigenvalue weighted by Gasteiger charge is 2.37. The summed E-state index contributed by atoms with van der Waals surface area (Å²) in [6, 6.07) is 22.5. The van der Waals surface area contributed by atoms with E-state index in [1.807, 2.05) is 6.92 Å². The van der Waals surface area contributed by atoms with E-state index >= 15 is 4.39 Å². The SMILES string of the molecule is CCCCNC(=O)C(Cc1ccccc1)N(Cc1ccccc1F)C(=O)CN(c1ccc(Cl)c(C(F)(F)F)c1)S(=O)(=O)c1ccccc1. The molecule has 0 aliphatic carbocycles. The Morgan fingerprint density at radius 1 is 0.896 bits per heavy atom. The monoisotopic (exact) mass is 703 g/mol. The van der Waals surface area contributed by atoms with Crippen LogP contribution in [0.4, 0.5) is 23.2 Å². The number of sulfonamides is 1. The molecule has 254 valence electrons. The first kappa shape index (κ1) is 36.4. The molecule has 0 aliphatic heterocycles. The van der Waals surface area contributed by atoms with Gasteiger partial charge in [0.05, 0.1) is 21.2 Å². The minimum atomic E-state index is -4.94. The van der Waals surface area contributed by atoms with Gasteiger partial charge in [0, 0.05) is 25.1 Å². The first-order valence-corrected chi connectivity index (χ1v) is 16.9. The van der Waals surface area contributed by atoms with Gasteiger partial charge < -0.3 is 10.2 Å². The van der Waals surface area contributed by atoms with Gasteiger partial charge in [-0.3, -0.25) is 13.9 Å². The van der Waals surface area contributed by atoms with Crippen molar-refractivity contribution < 1.29 is 35.6 Å². The van der Waals surface area contributed by atoms with Gasteiger partial charge in [0.2, 0.25) is 11.8 Å². The first-order valence-electron chi connectivity index (χ1n) is 15.1. The number of nitrogens with one attached hydrogen (secondary N) is 1. The average molecular weight is 704 g/mol. The number of carbonyl (C=O) groups is 2. The van der Waals surface area contributed by atoms with E-state index in [2.05, 4.69) is 5.32 Å². The first-order chi connectivity index (χ1) is 22.8. The smallest absolute Gasteiger partial charge is 0.354 e. The molecule has 0 heterocycles. The highest BCUT2D eigenvalue weighted by molar-refractivity contribution is 7.92. The quantitative estimate of drug-likeness (QED) is 0.111. The predicted molar refractivity (Wildman–Crippen MR) is 176 cm³/mol. The Morgan fingerprint density at radius 3 is 2.15 bits per heavy atom. The molecule has 2 amide bonds. The minimum Gasteiger partial charge on any atom is -0.354 e. The zero-order valence-corrected chi connectivity index (χ0v) is 27.5. The maximum absolute atomic E-state index is 15.0. The van der Waals surface area contributed by atoms with Crippen LogP contribution >= 0.6 is 11.6 Å². The molecule has 48 heavy (non-hydrogen) atoms. The second-order valence-corrected chi connectivity index (χ2v) is 13.2. The second kappa shape index (κ2) is 16.1. The number of unbranched alkanes of at least 4 members (excludes halogenated alkanes) is 1. The molecule has 4 aromatic carbocycles. The number of hydrogen-bond acceptors (Lipinski definition) is 4. The van der Waals surface area contributed by atoms with E-state index in [1.54, 1.807) is 42.5 Å². The highest BCUT2D eigenvalue weighted by Crippen LogP contribution is 2.38. The zero-order valence-electron chi connectivity index (χ0n) is 26.0. The van der Waals surface area contributed by atoms with Crippen molar-refractivity contribution in [3.8, 4) is 0 Å². The van der Waals surface area contributed by atoms with E-state index < -0.39 is 69.2 Å². The van der Waals surface area contributed by atoms with Crippen molar-refractivity contribution in [2.45, 2.75) is 49.8 Å². The number of alkyl halides is 3. The highest BCUT2D eigenvalue weighted by atomic mass is 35.5. The molecule has 1 atom stereocenters. The maximum atomic E-state index is 15.0. The van der Waals surface area contributed by atoms with E-state index in [-0.39, 0.29) is 16.9 Å². The predicted octanol–water partition coefficient (Wildman–Crippen LogP) is 7.25. The van der Waals surface area contributed by atoms with Crippen LogP contribution in [0, 0.1) is 5.82 Å². The van der Waals surface area contributed by atoms with Crippen molar-refractivity contribution in [2.24, 2.45) is 0 Å². The Bertz CT molecular complexity index is 1810. The van der Waals surface area contributed by atoms with Gasteiger partial charge in [-0.2, -0.15) is 13.2 Å². The molecule has 13 heteroatoms. The van der Waals surface area contributed by atoms with Crippen molar-refractivity contribution in [3.63, 3.8) is 0 Å². The van der Waals surface area contributed by atoms with Crippen molar-refractivity contribution in [1.29, 1.82) is 0 Å². The number of amides is 2. The summed E-state index contributed by atoms with van der Waals surface area (Å²) < 4.78 is 85.3. The lowest BCUT2D eigenvalue weighted by Crippen LogP contribution is -2.53. The molecule has 0 saturated carbocycles. The third kappa shape index (κ3) is 9.13. The average Bonchev–Trinajstić information content (AvgIpc) is 3.06. The number of carbonyl (C=O) groups excluding carboxylic acids is 2. The second-order valence-electron chi connectivity index (χ2n) is 10.9. The van der Waals surface area contributed by atoms with Crippen LogP contribution in [0.1, 0.15) is 36.5 Å². The van der Waals surface area contributed by atoms with Gasteiger partial charge in [-0.25, -0.2) is 12.8 Å². The van der Waals surface area contributed by atoms with Gasteiger partial charge in [0.15, 0.2) is 0 Å². The summed E-state index contributed by atoms with van der Waals surface area (Å²) in [4.78, 5) is 28.9. The topological polar surface area (TPSA) is 86.8 Å². The fourth-order valence-corrected chi connectivity index (χ4v) is 6.66. The molecular formula is C35H34ClF4N3O4S. The fraction of sp³-hybridized carbons (Fsp3) is 0.257. The largest absolute Gasteiger partial charge is 0.417 e. The van der Waals surface area contributed by atoms with Crippen LogP contribution in [-0.4, -0.2) is 44.3 Å². The summed E-state index contributed by atoms with van der Waals surface area (Å²) >= 11 is 5.84. The standard InChI is InChI=1S/C35H34ClF4N3O4S/c1-2-3-20-41-34(45)32(21-25-12-6-4-7-13-25)42(23-26-14-10-11-17-31(26)37)33(44)24-43(48(46,47)28-15-8-5-9-16-28)27-18-19-30(36)29(22-27)35(38,39)40/h4-19,22,32H,2-3,20-21,23-24H2,1H3,(H,41,45). The fourth-order valence-electron chi connectivity index (χ4n) is 5.00. The lowest BCUT2D eigenvalue weighted by atomic mass is 10.0. The van der Waals surface area contributed by atoms with Gasteiger partial charge >= 0.3 is 6.18 Å². The summed E-state index contributed by atoms with van der Waals surface area (Å²) in [7, 11) is -4.66. The van der Waals surface area contributed by atoms with Crippen molar-refractivity contribution in [3.05, 3.63) is 131 Å². The van der Waals surface area contributed by atoms with Gasteiger partial charge in [-0.15, -0.1) is 0 Å². The molecule has 0 fully saturated rings. The number of halogens is 5. The lowest BCUT2D eigenvalue weighted by molar-refractivity contribution is -0.140. The van der Waals surface area contributed by atoms with Gasteiger partial charge in [0.1, 0.15) is 18.4 Å². The Kier molecular flexibility index (Phi) is 12.2. The Balaban J connectivity index is 1.85. The molecule has 0 bridgehead atoms. The number of rotatable bonds is 14. The summed E-state index contributed by atoms with van der Waals surface area (Å²) in [6.07, 6.45) is -3.53. The Labute approximate surface area is 282 Å². The zero-order chi connectivity index (χ0) is 34.9. The molecule has 0 spiro atoms. The molecule has 0 aromatic heterocycles. The summed E-state index contributed by atoms with van der Waals surface area (Å²) in [5.74, 6) is -2.17. The van der Waals surface area contributed by atoms with Gasteiger partial charge in [0.25, 0.3) is 10.0 Å². The molecule has 7 nitrogen and oxygen atoms in total. The molecule has 1 unspecified atom stereocenters. The van der Waals surface area contributed by atoms with Crippen LogP contribution in [0.15, 0.2) is 108 Å². The molecule has 1 N–H and O–H groups in total. The van der Waals surface area contributed by atoms with Crippen LogP contribution in [0.3, 0.4) is 0 Å². The molecule has 0 radical (unpaired) electrons. The molecule has 0 saturated heterocycles. The number of nitrogens with zero attached hydrogens (tertiary/aromatic N) is 2. The maximum Gasteiger partial charge on any atom is 0.417 e. The van der Waals surface area contributed by atoms with Crippen LogP contribution < -0.4 is 9.62 Å². The normalized spacial score (nSPS) is 12.3. The Hall–Kier alpha value is -4.42.